The van der Waals surface area contributed by atoms with Crippen LogP contribution in [0.25, 0.3) is 0 Å². The molecular weight excluding hydrogens is 712 g/mol. The molecule has 0 spiro atoms. The van der Waals surface area contributed by atoms with Crippen LogP contribution in [-0.4, -0.2) is 32.1 Å². The maximum absolute atomic E-state index is 2.47. The highest BCUT2D eigenvalue weighted by atomic mass is 79.9. The van der Waals surface area contributed by atoms with Gasteiger partial charge in [-0.15, -0.1) is 0 Å². The third kappa shape index (κ3) is 21.8. The van der Waals surface area contributed by atoms with Crippen LogP contribution in [0.15, 0.2) is 37.4 Å². The SMILES string of the molecule is CCCCCCCCCCC(CSCCCCSCC(CCCCCCCCCC)n1cc[n+](C)c1)n1cc[n+](C)c1.[Br-].[Br-]. The zero-order valence-electron chi connectivity index (χ0n) is 29.0. The van der Waals surface area contributed by atoms with E-state index >= 15 is 0 Å². The van der Waals surface area contributed by atoms with Gasteiger partial charge in [0.1, 0.15) is 36.9 Å². The fraction of sp³-hybridized carbons (Fsp3) is 0.833. The number of rotatable bonds is 29. The van der Waals surface area contributed by atoms with Crippen LogP contribution in [0.3, 0.4) is 0 Å². The van der Waals surface area contributed by atoms with Crippen molar-refractivity contribution in [2.75, 3.05) is 23.0 Å². The Kier molecular flexibility index (Phi) is 30.5. The van der Waals surface area contributed by atoms with E-state index in [0.29, 0.717) is 12.1 Å². The van der Waals surface area contributed by atoms with Gasteiger partial charge in [-0.3, -0.25) is 0 Å². The van der Waals surface area contributed by atoms with E-state index in [1.165, 1.54) is 151 Å². The lowest BCUT2D eigenvalue weighted by Crippen LogP contribution is -3.00. The summed E-state index contributed by atoms with van der Waals surface area (Å²) in [5, 5.41) is 0. The van der Waals surface area contributed by atoms with Gasteiger partial charge in [0.15, 0.2) is 0 Å². The van der Waals surface area contributed by atoms with Gasteiger partial charge in [-0.25, -0.2) is 18.3 Å². The fourth-order valence-electron chi connectivity index (χ4n) is 5.88. The van der Waals surface area contributed by atoms with Gasteiger partial charge in [0.05, 0.1) is 14.1 Å². The Balaban J connectivity index is 0.00000924. The summed E-state index contributed by atoms with van der Waals surface area (Å²) in [6, 6.07) is 1.29. The summed E-state index contributed by atoms with van der Waals surface area (Å²) in [6.07, 6.45) is 41.3. The van der Waals surface area contributed by atoms with Crippen molar-refractivity contribution in [3.63, 3.8) is 0 Å². The van der Waals surface area contributed by atoms with Crippen LogP contribution < -0.4 is 43.1 Å². The summed E-state index contributed by atoms with van der Waals surface area (Å²) < 4.78 is 9.33. The van der Waals surface area contributed by atoms with Gasteiger partial charge >= 0.3 is 0 Å². The predicted octanol–water partition coefficient (Wildman–Crippen LogP) is 4.04. The van der Waals surface area contributed by atoms with E-state index in [2.05, 4.69) is 107 Å². The molecular formula is C36H68Br2N4S2. The second-order valence-electron chi connectivity index (χ2n) is 12.7. The molecule has 0 aromatic carbocycles. The lowest BCUT2D eigenvalue weighted by atomic mass is 10.1. The first-order valence-electron chi connectivity index (χ1n) is 17.8. The minimum absolute atomic E-state index is 0. The molecule has 4 nitrogen and oxygen atoms in total. The van der Waals surface area contributed by atoms with Crippen LogP contribution in [0.5, 0.6) is 0 Å². The molecule has 44 heavy (non-hydrogen) atoms. The highest BCUT2D eigenvalue weighted by molar-refractivity contribution is 7.99. The van der Waals surface area contributed by atoms with Crippen molar-refractivity contribution in [2.45, 2.75) is 154 Å². The topological polar surface area (TPSA) is 17.6 Å². The Morgan fingerprint density at radius 1 is 0.500 bits per heavy atom. The van der Waals surface area contributed by atoms with E-state index < -0.39 is 0 Å². The molecule has 2 unspecified atom stereocenters. The van der Waals surface area contributed by atoms with Gasteiger partial charge in [-0.1, -0.05) is 104 Å². The van der Waals surface area contributed by atoms with E-state index in [-0.39, 0.29) is 34.0 Å². The first-order valence-corrected chi connectivity index (χ1v) is 20.2. The van der Waals surface area contributed by atoms with Gasteiger partial charge in [0.25, 0.3) is 0 Å². The number of aryl methyl sites for hydroxylation is 2. The highest BCUT2D eigenvalue weighted by Crippen LogP contribution is 2.24. The van der Waals surface area contributed by atoms with Crippen LogP contribution in [0.2, 0.25) is 0 Å². The average Bonchev–Trinajstić information content (AvgIpc) is 3.62. The lowest BCUT2D eigenvalue weighted by molar-refractivity contribution is -0.671. The minimum atomic E-state index is 0. The molecule has 0 fully saturated rings. The first-order chi connectivity index (χ1) is 20.6. The molecule has 0 aliphatic rings. The number of hydrogen-bond acceptors (Lipinski definition) is 2. The fourth-order valence-corrected chi connectivity index (χ4v) is 8.25. The van der Waals surface area contributed by atoms with E-state index in [1.807, 2.05) is 0 Å². The highest BCUT2D eigenvalue weighted by Gasteiger charge is 2.17. The molecule has 2 rings (SSSR count). The number of aromatic nitrogens is 4. The van der Waals surface area contributed by atoms with E-state index in [4.69, 9.17) is 0 Å². The molecule has 0 N–H and O–H groups in total. The quantitative estimate of drug-likeness (QED) is 0.0918. The zero-order chi connectivity index (χ0) is 30.1. The average molecular weight is 781 g/mol. The summed E-state index contributed by atoms with van der Waals surface area (Å²) in [6.45, 7) is 4.61. The number of halogens is 2. The van der Waals surface area contributed by atoms with Crippen LogP contribution >= 0.6 is 23.5 Å². The summed E-state index contributed by atoms with van der Waals surface area (Å²) in [5.74, 6) is 5.11. The van der Waals surface area contributed by atoms with Crippen molar-refractivity contribution in [3.8, 4) is 0 Å². The van der Waals surface area contributed by atoms with Crippen molar-refractivity contribution in [2.24, 2.45) is 14.1 Å². The molecule has 0 amide bonds. The van der Waals surface area contributed by atoms with Gasteiger partial charge in [0, 0.05) is 11.5 Å². The summed E-state index contributed by atoms with van der Waals surface area (Å²) in [5.41, 5.74) is 0. The smallest absolute Gasteiger partial charge is 0.243 e. The van der Waals surface area contributed by atoms with E-state index in [1.54, 1.807) is 0 Å². The Labute approximate surface area is 302 Å². The van der Waals surface area contributed by atoms with E-state index in [0.717, 1.165) is 0 Å². The van der Waals surface area contributed by atoms with Crippen LogP contribution in [0.1, 0.15) is 154 Å². The summed E-state index contributed by atoms with van der Waals surface area (Å²) in [4.78, 5) is 0. The maximum atomic E-state index is 2.47. The lowest BCUT2D eigenvalue weighted by Gasteiger charge is -2.14. The zero-order valence-corrected chi connectivity index (χ0v) is 33.8. The first kappa shape index (κ1) is 44.1. The van der Waals surface area contributed by atoms with Gasteiger partial charge in [-0.05, 0) is 50.0 Å². The monoisotopic (exact) mass is 778 g/mol. The Morgan fingerprint density at radius 2 is 0.841 bits per heavy atom. The number of unbranched alkanes of at least 4 members (excludes halogenated alkanes) is 15. The second kappa shape index (κ2) is 30.4. The Morgan fingerprint density at radius 3 is 1.16 bits per heavy atom. The van der Waals surface area contributed by atoms with Crippen molar-refractivity contribution in [1.82, 2.24) is 9.13 Å². The number of thioether (sulfide) groups is 2. The second-order valence-corrected chi connectivity index (χ2v) is 15.0. The molecule has 0 aliphatic carbocycles. The number of hydrogen-bond donors (Lipinski definition) is 0. The molecule has 0 saturated carbocycles. The molecule has 2 aromatic heterocycles. The number of nitrogens with zero attached hydrogens (tertiary/aromatic N) is 4. The molecule has 8 heteroatoms. The van der Waals surface area contributed by atoms with Crippen molar-refractivity contribution < 1.29 is 43.1 Å². The van der Waals surface area contributed by atoms with E-state index in [9.17, 15) is 0 Å². The normalized spacial score (nSPS) is 12.5. The molecule has 2 heterocycles. The minimum Gasteiger partial charge on any atom is -1.00 e. The largest absolute Gasteiger partial charge is 1.00 e. The van der Waals surface area contributed by atoms with Crippen LogP contribution in [0, 0.1) is 0 Å². The predicted molar refractivity (Wildman–Crippen MR) is 188 cm³/mol. The third-order valence-electron chi connectivity index (χ3n) is 8.65. The van der Waals surface area contributed by atoms with Crippen molar-refractivity contribution >= 4 is 23.5 Å². The summed E-state index contributed by atoms with van der Waals surface area (Å²) in [7, 11) is 4.29. The van der Waals surface area contributed by atoms with Crippen molar-refractivity contribution in [1.29, 1.82) is 0 Å². The van der Waals surface area contributed by atoms with Gasteiger partial charge < -0.3 is 34.0 Å². The molecule has 2 atom stereocenters. The van der Waals surface area contributed by atoms with Crippen LogP contribution in [0.4, 0.5) is 0 Å². The standard InChI is InChI=1S/C36H68N4S2.2BrH/c1-5-7-9-11-13-15-17-19-23-35(39-27-25-37(3)33-39)31-41-29-21-22-30-42-32-36(40-28-26-38(4)34-40)24-20-18-16-14-12-10-8-6-2;;/h25-28,33-36H,5-24,29-32H2,1-4H3;2*1H/q+2;;/p-2. The molecule has 258 valence electrons. The molecule has 0 bridgehead atoms. The Hall–Kier alpha value is 0.0800. The Bertz CT molecular complexity index is 806. The molecule has 2 aromatic rings. The molecule has 0 aliphatic heterocycles. The molecule has 0 radical (unpaired) electrons. The summed E-state index contributed by atoms with van der Waals surface area (Å²) >= 11 is 4.36. The van der Waals surface area contributed by atoms with Crippen molar-refractivity contribution in [3.05, 3.63) is 37.4 Å². The van der Waals surface area contributed by atoms with Crippen LogP contribution in [-0.2, 0) is 14.1 Å². The third-order valence-corrected chi connectivity index (χ3v) is 11.0. The van der Waals surface area contributed by atoms with Gasteiger partial charge in [0.2, 0.25) is 12.7 Å². The van der Waals surface area contributed by atoms with Gasteiger partial charge in [-0.2, -0.15) is 23.5 Å². The number of imidazole rings is 2. The maximum Gasteiger partial charge on any atom is 0.243 e. The molecule has 0 saturated heterocycles.